The number of hydrogen-bond donors (Lipinski definition) is 1. The summed E-state index contributed by atoms with van der Waals surface area (Å²) in [5.74, 6) is 0.0215. The van der Waals surface area contributed by atoms with Crippen LogP contribution < -0.4 is 4.74 Å². The number of hydrogen-bond acceptors (Lipinski definition) is 5. The van der Waals surface area contributed by atoms with Gasteiger partial charge >= 0.3 is 0 Å². The number of para-hydroxylation sites is 1. The molecule has 9 heteroatoms. The molecular weight excluding hydrogens is 440 g/mol. The van der Waals surface area contributed by atoms with Crippen LogP contribution in [0.5, 0.6) is 5.75 Å². The first-order valence-electron chi connectivity index (χ1n) is 9.18. The molecule has 0 bridgehead atoms. The number of benzene rings is 2. The predicted molar refractivity (Wildman–Crippen MR) is 112 cm³/mol. The van der Waals surface area contributed by atoms with Crippen LogP contribution in [0.1, 0.15) is 12.0 Å². The summed E-state index contributed by atoms with van der Waals surface area (Å²) in [6.07, 6.45) is -0.507. The summed E-state index contributed by atoms with van der Waals surface area (Å²) >= 11 is 12.2. The van der Waals surface area contributed by atoms with Gasteiger partial charge in [-0.3, -0.25) is 4.90 Å². The largest absolute Gasteiger partial charge is 0.489 e. The van der Waals surface area contributed by atoms with Crippen molar-refractivity contribution in [3.05, 3.63) is 63.9 Å². The fourth-order valence-corrected chi connectivity index (χ4v) is 5.54. The quantitative estimate of drug-likeness (QED) is 0.650. The lowest BCUT2D eigenvalue weighted by Crippen LogP contribution is -2.42. The zero-order chi connectivity index (χ0) is 21.0. The van der Waals surface area contributed by atoms with Crippen molar-refractivity contribution in [2.45, 2.75) is 25.1 Å². The molecule has 0 aromatic heterocycles. The van der Waals surface area contributed by atoms with E-state index in [1.165, 1.54) is 12.1 Å². The average molecular weight is 462 g/mol. The number of halogens is 3. The molecule has 1 N–H and O–H groups in total. The minimum absolute atomic E-state index is 0.0306. The topological polar surface area (TPSA) is 66.8 Å². The van der Waals surface area contributed by atoms with E-state index in [0.29, 0.717) is 17.2 Å². The molecule has 0 amide bonds. The Morgan fingerprint density at radius 3 is 2.55 bits per heavy atom. The molecule has 0 saturated carbocycles. The van der Waals surface area contributed by atoms with Gasteiger partial charge in [-0.25, -0.2) is 12.8 Å². The van der Waals surface area contributed by atoms with E-state index in [1.807, 2.05) is 0 Å². The van der Waals surface area contributed by atoms with Crippen molar-refractivity contribution >= 4 is 33.0 Å². The Balaban J connectivity index is 1.72. The van der Waals surface area contributed by atoms with Gasteiger partial charge in [-0.2, -0.15) is 0 Å². The van der Waals surface area contributed by atoms with Crippen molar-refractivity contribution in [2.75, 3.05) is 24.7 Å². The molecule has 29 heavy (non-hydrogen) atoms. The molecule has 3 rings (SSSR count). The maximum atomic E-state index is 14.3. The Hall–Kier alpha value is -1.38. The maximum Gasteiger partial charge on any atom is 0.151 e. The number of rotatable bonds is 8. The second kappa shape index (κ2) is 9.62. The molecule has 2 atom stereocenters. The van der Waals surface area contributed by atoms with Crippen molar-refractivity contribution in [3.63, 3.8) is 0 Å². The van der Waals surface area contributed by atoms with Crippen molar-refractivity contribution in [3.8, 4) is 5.75 Å². The molecule has 2 aromatic carbocycles. The molecule has 158 valence electrons. The minimum Gasteiger partial charge on any atom is -0.489 e. The molecule has 5 nitrogen and oxygen atoms in total. The number of nitrogens with zero attached hydrogens (tertiary/aromatic N) is 1. The van der Waals surface area contributed by atoms with Crippen LogP contribution >= 0.6 is 23.2 Å². The minimum atomic E-state index is -3.15. The van der Waals surface area contributed by atoms with Crippen molar-refractivity contribution in [2.24, 2.45) is 0 Å². The first-order chi connectivity index (χ1) is 13.7. The Labute approximate surface area is 179 Å². The molecule has 2 aromatic rings. The first kappa shape index (κ1) is 22.3. The Morgan fingerprint density at radius 2 is 1.90 bits per heavy atom. The van der Waals surface area contributed by atoms with E-state index in [-0.39, 0.29) is 47.8 Å². The van der Waals surface area contributed by atoms with Gasteiger partial charge < -0.3 is 9.84 Å². The van der Waals surface area contributed by atoms with E-state index in [1.54, 1.807) is 35.2 Å². The van der Waals surface area contributed by atoms with E-state index in [4.69, 9.17) is 27.9 Å². The zero-order valence-corrected chi connectivity index (χ0v) is 17.9. The summed E-state index contributed by atoms with van der Waals surface area (Å²) < 4.78 is 43.7. The predicted octanol–water partition coefficient (Wildman–Crippen LogP) is 3.56. The van der Waals surface area contributed by atoms with Crippen molar-refractivity contribution in [1.82, 2.24) is 4.90 Å². The van der Waals surface area contributed by atoms with E-state index in [2.05, 4.69) is 0 Å². The molecule has 1 heterocycles. The monoisotopic (exact) mass is 461 g/mol. The van der Waals surface area contributed by atoms with Gasteiger partial charge in [0, 0.05) is 29.7 Å². The van der Waals surface area contributed by atoms with E-state index in [0.717, 1.165) is 0 Å². The second-order valence-electron chi connectivity index (χ2n) is 7.08. The molecular formula is C20H22Cl2FNO4S. The molecule has 1 saturated heterocycles. The third kappa shape index (κ3) is 6.06. The normalized spacial score (nSPS) is 19.4. The van der Waals surface area contributed by atoms with Crippen molar-refractivity contribution < 1.29 is 22.7 Å². The standard InChI is InChI=1S/C20H22Cl2FNO4S/c21-17-5-3-6-19(23)16(17)11-24(14-8-9-29(26,27)13-14)10-15(25)12-28-20-7-2-1-4-18(20)22/h1-7,14-15,25H,8-13H2. The van der Waals surface area contributed by atoms with Crippen LogP contribution in [-0.2, 0) is 16.4 Å². The number of sulfone groups is 1. The lowest BCUT2D eigenvalue weighted by atomic mass is 10.1. The van der Waals surface area contributed by atoms with Gasteiger partial charge in [-0.05, 0) is 30.7 Å². The van der Waals surface area contributed by atoms with Gasteiger partial charge in [-0.15, -0.1) is 0 Å². The van der Waals surface area contributed by atoms with Crippen LogP contribution in [0.15, 0.2) is 42.5 Å². The van der Waals surface area contributed by atoms with E-state index >= 15 is 0 Å². The van der Waals surface area contributed by atoms with Crippen LogP contribution in [0, 0.1) is 5.82 Å². The van der Waals surface area contributed by atoms with Gasteiger partial charge in [-0.1, -0.05) is 41.4 Å². The van der Waals surface area contributed by atoms with Crippen LogP contribution in [0.2, 0.25) is 10.0 Å². The summed E-state index contributed by atoms with van der Waals surface area (Å²) in [6.45, 7) is 0.162. The molecule has 1 aliphatic rings. The summed E-state index contributed by atoms with van der Waals surface area (Å²) in [6, 6.07) is 11.0. The Kier molecular flexibility index (Phi) is 7.40. The van der Waals surface area contributed by atoms with E-state index in [9.17, 15) is 17.9 Å². The summed E-state index contributed by atoms with van der Waals surface area (Å²) in [7, 11) is -3.15. The van der Waals surface area contributed by atoms with Crippen molar-refractivity contribution in [1.29, 1.82) is 0 Å². The highest BCUT2D eigenvalue weighted by molar-refractivity contribution is 7.91. The fourth-order valence-electron chi connectivity index (χ4n) is 3.36. The molecule has 0 spiro atoms. The summed E-state index contributed by atoms with van der Waals surface area (Å²) in [4.78, 5) is 1.76. The lowest BCUT2D eigenvalue weighted by Gasteiger charge is -2.30. The Bertz CT molecular complexity index is 937. The lowest BCUT2D eigenvalue weighted by molar-refractivity contribution is 0.0521. The molecule has 1 aliphatic heterocycles. The van der Waals surface area contributed by atoms with Gasteiger partial charge in [0.05, 0.1) is 16.5 Å². The zero-order valence-electron chi connectivity index (χ0n) is 15.6. The number of ether oxygens (including phenoxy) is 1. The number of aliphatic hydroxyl groups excluding tert-OH is 1. The van der Waals surface area contributed by atoms with Crippen LogP contribution in [0.3, 0.4) is 0 Å². The average Bonchev–Trinajstić information content (AvgIpc) is 3.03. The maximum absolute atomic E-state index is 14.3. The van der Waals surface area contributed by atoms with Gasteiger partial charge in [0.2, 0.25) is 0 Å². The first-order valence-corrected chi connectivity index (χ1v) is 11.8. The van der Waals surface area contributed by atoms with Gasteiger partial charge in [0.15, 0.2) is 9.84 Å². The molecule has 2 unspecified atom stereocenters. The summed E-state index contributed by atoms with van der Waals surface area (Å²) in [5.41, 5.74) is 0.276. The third-order valence-electron chi connectivity index (χ3n) is 4.86. The highest BCUT2D eigenvalue weighted by atomic mass is 35.5. The number of aliphatic hydroxyl groups is 1. The third-order valence-corrected chi connectivity index (χ3v) is 7.28. The fraction of sp³-hybridized carbons (Fsp3) is 0.400. The van der Waals surface area contributed by atoms with Gasteiger partial charge in [0.1, 0.15) is 24.3 Å². The highest BCUT2D eigenvalue weighted by Crippen LogP contribution is 2.26. The molecule has 0 radical (unpaired) electrons. The SMILES string of the molecule is O=S1(=O)CCC(N(Cc2c(F)cccc2Cl)CC(O)COc2ccccc2Cl)C1. The van der Waals surface area contributed by atoms with Crippen LogP contribution in [0.25, 0.3) is 0 Å². The molecule has 1 fully saturated rings. The molecule has 0 aliphatic carbocycles. The van der Waals surface area contributed by atoms with Gasteiger partial charge in [0.25, 0.3) is 0 Å². The van der Waals surface area contributed by atoms with Crippen LogP contribution in [0.4, 0.5) is 4.39 Å². The van der Waals surface area contributed by atoms with Crippen LogP contribution in [-0.4, -0.2) is 55.2 Å². The highest BCUT2D eigenvalue weighted by Gasteiger charge is 2.33. The smallest absolute Gasteiger partial charge is 0.151 e. The summed E-state index contributed by atoms with van der Waals surface area (Å²) in [5, 5.41) is 11.2. The van der Waals surface area contributed by atoms with E-state index < -0.39 is 21.8 Å². The second-order valence-corrected chi connectivity index (χ2v) is 10.1. The Morgan fingerprint density at radius 1 is 1.17 bits per heavy atom.